The van der Waals surface area contributed by atoms with Crippen molar-refractivity contribution >= 4 is 6.09 Å². The van der Waals surface area contributed by atoms with Crippen LogP contribution in [0.2, 0.25) is 0 Å². The van der Waals surface area contributed by atoms with Crippen molar-refractivity contribution in [3.63, 3.8) is 0 Å². The lowest BCUT2D eigenvalue weighted by molar-refractivity contribution is 0.175. The summed E-state index contributed by atoms with van der Waals surface area (Å²) in [5, 5.41) is 11.8. The van der Waals surface area contributed by atoms with Crippen LogP contribution in [0.5, 0.6) is 11.5 Å². The predicted octanol–water partition coefficient (Wildman–Crippen LogP) is 5.04. The Hall–Kier alpha value is -2.69. The second-order valence-electron chi connectivity index (χ2n) is 7.99. The van der Waals surface area contributed by atoms with Crippen LogP contribution in [0.3, 0.4) is 0 Å². The van der Waals surface area contributed by atoms with E-state index in [2.05, 4.69) is 25.2 Å². The Morgan fingerprint density at radius 1 is 1.15 bits per heavy atom. The molecule has 2 N–H and O–H groups in total. The number of hydrogen-bond acceptors (Lipinski definition) is 3. The zero-order chi connectivity index (χ0) is 19.8. The van der Waals surface area contributed by atoms with Crippen molar-refractivity contribution in [3.8, 4) is 22.6 Å². The predicted molar refractivity (Wildman–Crippen MR) is 106 cm³/mol. The van der Waals surface area contributed by atoms with Crippen molar-refractivity contribution in [1.29, 1.82) is 0 Å². The molecule has 0 aromatic heterocycles. The monoisotopic (exact) mass is 369 g/mol. The number of ether oxygens (including phenoxy) is 2. The molecule has 1 aliphatic rings. The molecule has 1 aliphatic carbocycles. The number of nitrogens with one attached hydrogen (secondary N) is 1. The van der Waals surface area contributed by atoms with Crippen LogP contribution >= 0.6 is 0 Å². The smallest absolute Gasteiger partial charge is 0.405 e. The van der Waals surface area contributed by atoms with Gasteiger partial charge in [0.05, 0.1) is 19.3 Å². The van der Waals surface area contributed by atoms with E-state index in [9.17, 15) is 9.90 Å². The number of benzene rings is 2. The minimum atomic E-state index is -0.990. The lowest BCUT2D eigenvalue weighted by Crippen LogP contribution is -2.34. The number of rotatable bonds is 5. The second-order valence-corrected chi connectivity index (χ2v) is 7.99. The van der Waals surface area contributed by atoms with Gasteiger partial charge in [-0.2, -0.15) is 0 Å². The summed E-state index contributed by atoms with van der Waals surface area (Å²) in [6.45, 7) is 8.15. The van der Waals surface area contributed by atoms with Gasteiger partial charge in [-0.05, 0) is 60.1 Å². The van der Waals surface area contributed by atoms with Gasteiger partial charge in [0.2, 0.25) is 0 Å². The molecule has 0 bridgehead atoms. The molecule has 0 spiro atoms. The van der Waals surface area contributed by atoms with Gasteiger partial charge in [0.25, 0.3) is 0 Å². The summed E-state index contributed by atoms with van der Waals surface area (Å²) in [6, 6.07) is 12.0. The van der Waals surface area contributed by atoms with Gasteiger partial charge in [0.15, 0.2) is 11.5 Å². The molecule has 0 saturated carbocycles. The summed E-state index contributed by atoms with van der Waals surface area (Å²) in [5.74, 6) is 1.43. The molecule has 0 saturated heterocycles. The first-order valence-corrected chi connectivity index (χ1v) is 9.18. The maximum absolute atomic E-state index is 11.2. The average Bonchev–Trinajstić information content (AvgIpc) is 2.83. The third kappa shape index (κ3) is 3.87. The van der Waals surface area contributed by atoms with Crippen molar-refractivity contribution in [1.82, 2.24) is 5.32 Å². The zero-order valence-electron chi connectivity index (χ0n) is 16.5. The normalized spacial score (nSPS) is 17.5. The van der Waals surface area contributed by atoms with Crippen LogP contribution in [0.25, 0.3) is 11.1 Å². The van der Waals surface area contributed by atoms with E-state index < -0.39 is 6.09 Å². The van der Waals surface area contributed by atoms with Crippen molar-refractivity contribution in [2.24, 2.45) is 5.41 Å². The fourth-order valence-corrected chi connectivity index (χ4v) is 3.83. The van der Waals surface area contributed by atoms with Crippen LogP contribution < -0.4 is 14.8 Å². The van der Waals surface area contributed by atoms with E-state index in [1.807, 2.05) is 44.2 Å². The molecule has 0 radical (unpaired) electrons. The third-order valence-corrected chi connectivity index (χ3v) is 5.01. The zero-order valence-corrected chi connectivity index (χ0v) is 16.5. The van der Waals surface area contributed by atoms with Gasteiger partial charge in [0.1, 0.15) is 0 Å². The lowest BCUT2D eigenvalue weighted by atomic mass is 9.85. The van der Waals surface area contributed by atoms with Crippen molar-refractivity contribution in [2.75, 3.05) is 7.11 Å². The maximum Gasteiger partial charge on any atom is 0.405 e. The molecular formula is C22H27NO4. The highest BCUT2D eigenvalue weighted by molar-refractivity contribution is 5.70. The number of carbonyl (C=O) groups is 1. The van der Waals surface area contributed by atoms with Crippen molar-refractivity contribution in [3.05, 3.63) is 47.5 Å². The Balaban J connectivity index is 1.96. The molecule has 0 heterocycles. The van der Waals surface area contributed by atoms with Crippen LogP contribution in [0.4, 0.5) is 4.79 Å². The molecule has 1 amide bonds. The summed E-state index contributed by atoms with van der Waals surface area (Å²) in [7, 11) is 1.64. The SMILES string of the molecule is COc1cc(-c2ccc3c(c2)CC(C)(C)[C@H]3NC(=O)O)ccc1OC(C)C. The molecule has 5 nitrogen and oxygen atoms in total. The van der Waals surface area contributed by atoms with Gasteiger partial charge in [0, 0.05) is 0 Å². The molecule has 2 aromatic carbocycles. The topological polar surface area (TPSA) is 67.8 Å². The molecule has 27 heavy (non-hydrogen) atoms. The number of hydrogen-bond donors (Lipinski definition) is 2. The largest absolute Gasteiger partial charge is 0.493 e. The summed E-state index contributed by atoms with van der Waals surface area (Å²) in [4.78, 5) is 11.2. The van der Waals surface area contributed by atoms with Crippen LogP contribution in [0.1, 0.15) is 44.9 Å². The molecular weight excluding hydrogens is 342 g/mol. The lowest BCUT2D eigenvalue weighted by Gasteiger charge is -2.27. The van der Waals surface area contributed by atoms with Crippen LogP contribution in [0, 0.1) is 5.41 Å². The number of methoxy groups -OCH3 is 1. The highest BCUT2D eigenvalue weighted by Crippen LogP contribution is 2.46. The van der Waals surface area contributed by atoms with Gasteiger partial charge in [-0.3, -0.25) is 0 Å². The minimum Gasteiger partial charge on any atom is -0.493 e. The van der Waals surface area contributed by atoms with Gasteiger partial charge in [-0.25, -0.2) is 4.79 Å². The fraction of sp³-hybridized carbons (Fsp3) is 0.409. The van der Waals surface area contributed by atoms with Gasteiger partial charge in [-0.1, -0.05) is 38.1 Å². The summed E-state index contributed by atoms with van der Waals surface area (Å²) < 4.78 is 11.3. The minimum absolute atomic E-state index is 0.0747. The average molecular weight is 369 g/mol. The highest BCUT2D eigenvalue weighted by Gasteiger charge is 2.40. The van der Waals surface area contributed by atoms with E-state index in [4.69, 9.17) is 9.47 Å². The molecule has 2 aromatic rings. The summed E-state index contributed by atoms with van der Waals surface area (Å²) >= 11 is 0. The Labute approximate surface area is 160 Å². The number of amides is 1. The summed E-state index contributed by atoms with van der Waals surface area (Å²) in [5.41, 5.74) is 4.19. The van der Waals surface area contributed by atoms with E-state index in [1.54, 1.807) is 7.11 Å². The maximum atomic E-state index is 11.2. The van der Waals surface area contributed by atoms with E-state index in [0.717, 1.165) is 28.9 Å². The standard InChI is InChI=1S/C22H27NO4/c1-13(2)27-18-9-7-15(11-19(18)26-5)14-6-8-17-16(10-14)12-22(3,4)20(17)23-21(24)25/h6-11,13,20,23H,12H2,1-5H3,(H,24,25)/t20-/m0/s1. The van der Waals surface area contributed by atoms with Crippen molar-refractivity contribution < 1.29 is 19.4 Å². The van der Waals surface area contributed by atoms with E-state index in [-0.39, 0.29) is 17.6 Å². The van der Waals surface area contributed by atoms with Gasteiger partial charge >= 0.3 is 6.09 Å². The van der Waals surface area contributed by atoms with Crippen LogP contribution in [-0.2, 0) is 6.42 Å². The molecule has 144 valence electrons. The van der Waals surface area contributed by atoms with Gasteiger partial charge < -0.3 is 19.9 Å². The first kappa shape index (κ1) is 19.1. The first-order valence-electron chi connectivity index (χ1n) is 9.18. The van der Waals surface area contributed by atoms with E-state index in [0.29, 0.717) is 5.75 Å². The van der Waals surface area contributed by atoms with Crippen molar-refractivity contribution in [2.45, 2.75) is 46.3 Å². The van der Waals surface area contributed by atoms with E-state index in [1.165, 1.54) is 5.56 Å². The van der Waals surface area contributed by atoms with E-state index >= 15 is 0 Å². The third-order valence-electron chi connectivity index (χ3n) is 5.01. The molecule has 0 aliphatic heterocycles. The first-order chi connectivity index (χ1) is 12.7. The molecule has 0 unspecified atom stereocenters. The number of carboxylic acid groups (broad SMARTS) is 1. The molecule has 0 fully saturated rings. The molecule has 5 heteroatoms. The molecule has 3 rings (SSSR count). The molecule has 1 atom stereocenters. The Morgan fingerprint density at radius 3 is 2.44 bits per heavy atom. The second kappa shape index (κ2) is 7.14. The Bertz CT molecular complexity index is 857. The summed E-state index contributed by atoms with van der Waals surface area (Å²) in [6.07, 6.45) is -0.0894. The quantitative estimate of drug-likeness (QED) is 0.775. The van der Waals surface area contributed by atoms with Crippen LogP contribution in [-0.4, -0.2) is 24.4 Å². The van der Waals surface area contributed by atoms with Crippen LogP contribution in [0.15, 0.2) is 36.4 Å². The fourth-order valence-electron chi connectivity index (χ4n) is 3.83. The highest BCUT2D eigenvalue weighted by atomic mass is 16.5. The number of fused-ring (bicyclic) bond motifs is 1. The Kier molecular flexibility index (Phi) is 5.05. The van der Waals surface area contributed by atoms with Gasteiger partial charge in [-0.15, -0.1) is 0 Å². The Morgan fingerprint density at radius 2 is 1.81 bits per heavy atom.